The van der Waals surface area contributed by atoms with Crippen molar-refractivity contribution in [3.63, 3.8) is 0 Å². The monoisotopic (exact) mass is 240 g/mol. The topological polar surface area (TPSA) is 38.9 Å². The minimum atomic E-state index is 0.675. The molecule has 3 nitrogen and oxygen atoms in total. The van der Waals surface area contributed by atoms with Crippen molar-refractivity contribution in [2.75, 3.05) is 0 Å². The van der Waals surface area contributed by atoms with Crippen LogP contribution in [0.2, 0.25) is 0 Å². The molecule has 3 heteroatoms. The van der Waals surface area contributed by atoms with Crippen molar-refractivity contribution in [2.24, 2.45) is 0 Å². The van der Waals surface area contributed by atoms with Crippen LogP contribution in [-0.2, 0) is 12.8 Å². The van der Waals surface area contributed by atoms with Gasteiger partial charge in [0.05, 0.1) is 5.69 Å². The van der Waals surface area contributed by atoms with E-state index in [1.54, 1.807) is 0 Å². The second kappa shape index (κ2) is 3.94. The van der Waals surface area contributed by atoms with Gasteiger partial charge >= 0.3 is 0 Å². The second-order valence-electron chi connectivity index (χ2n) is 5.34. The van der Waals surface area contributed by atoms with Crippen molar-refractivity contribution in [3.8, 4) is 11.5 Å². The maximum absolute atomic E-state index is 5.91. The number of rotatable bonds is 2. The first-order valence-corrected chi connectivity index (χ1v) is 6.85. The van der Waals surface area contributed by atoms with Crippen LogP contribution >= 0.6 is 0 Å². The van der Waals surface area contributed by atoms with Crippen LogP contribution in [-0.4, -0.2) is 9.97 Å². The number of nitrogens with zero attached hydrogens (tertiary/aromatic N) is 2. The van der Waals surface area contributed by atoms with Crippen molar-refractivity contribution in [1.82, 2.24) is 9.97 Å². The molecule has 1 fully saturated rings. The van der Waals surface area contributed by atoms with E-state index in [9.17, 15) is 0 Å². The molecule has 0 N–H and O–H groups in total. The van der Waals surface area contributed by atoms with E-state index in [0.717, 1.165) is 30.1 Å². The van der Waals surface area contributed by atoms with Crippen molar-refractivity contribution in [3.05, 3.63) is 35.5 Å². The molecule has 18 heavy (non-hydrogen) atoms. The molecule has 2 heterocycles. The molecule has 0 amide bonds. The van der Waals surface area contributed by atoms with E-state index in [2.05, 4.69) is 16.0 Å². The molecule has 0 spiro atoms. The van der Waals surface area contributed by atoms with Crippen molar-refractivity contribution in [1.29, 1.82) is 0 Å². The van der Waals surface area contributed by atoms with E-state index in [4.69, 9.17) is 4.42 Å². The lowest BCUT2D eigenvalue weighted by molar-refractivity contribution is 0.487. The third-order valence-electron chi connectivity index (χ3n) is 3.87. The van der Waals surface area contributed by atoms with Crippen LogP contribution < -0.4 is 0 Å². The standard InChI is InChI=1S/C15H16N2O/c1-2-4-14-12(3-1)17-15(18-14)11-7-8-16-13(9-11)10-5-6-10/h7-10H,1-6H2. The van der Waals surface area contributed by atoms with Gasteiger partial charge in [-0.1, -0.05) is 0 Å². The highest BCUT2D eigenvalue weighted by atomic mass is 16.4. The first-order chi connectivity index (χ1) is 8.90. The summed E-state index contributed by atoms with van der Waals surface area (Å²) in [6.07, 6.45) is 9.01. The van der Waals surface area contributed by atoms with E-state index in [1.165, 1.54) is 37.1 Å². The van der Waals surface area contributed by atoms with E-state index >= 15 is 0 Å². The number of hydrogen-bond acceptors (Lipinski definition) is 3. The third-order valence-corrected chi connectivity index (χ3v) is 3.87. The van der Waals surface area contributed by atoms with E-state index in [-0.39, 0.29) is 0 Å². The lowest BCUT2D eigenvalue weighted by Gasteiger charge is -2.05. The van der Waals surface area contributed by atoms with Crippen molar-refractivity contribution >= 4 is 0 Å². The Morgan fingerprint density at radius 1 is 1.17 bits per heavy atom. The summed E-state index contributed by atoms with van der Waals surface area (Å²) in [5.74, 6) is 2.56. The second-order valence-corrected chi connectivity index (χ2v) is 5.34. The minimum Gasteiger partial charge on any atom is -0.441 e. The smallest absolute Gasteiger partial charge is 0.226 e. The molecule has 0 aliphatic heterocycles. The molecule has 2 aliphatic rings. The highest BCUT2D eigenvalue weighted by Gasteiger charge is 2.25. The molecule has 92 valence electrons. The average molecular weight is 240 g/mol. The molecule has 2 aromatic rings. The van der Waals surface area contributed by atoms with Gasteiger partial charge in [0.1, 0.15) is 5.76 Å². The van der Waals surface area contributed by atoms with Gasteiger partial charge in [-0.05, 0) is 44.2 Å². The summed E-state index contributed by atoms with van der Waals surface area (Å²) < 4.78 is 5.91. The Bertz CT molecular complexity index is 560. The van der Waals surface area contributed by atoms with Gasteiger partial charge in [0.25, 0.3) is 0 Å². The lowest BCUT2D eigenvalue weighted by atomic mass is 10.0. The quantitative estimate of drug-likeness (QED) is 0.806. The molecular weight excluding hydrogens is 224 g/mol. The zero-order valence-electron chi connectivity index (χ0n) is 10.4. The van der Waals surface area contributed by atoms with Crippen molar-refractivity contribution < 1.29 is 4.42 Å². The number of aryl methyl sites for hydroxylation is 2. The van der Waals surface area contributed by atoms with Gasteiger partial charge in [0.2, 0.25) is 5.89 Å². The van der Waals surface area contributed by atoms with Crippen molar-refractivity contribution in [2.45, 2.75) is 44.4 Å². The van der Waals surface area contributed by atoms with Crippen LogP contribution in [0.5, 0.6) is 0 Å². The van der Waals surface area contributed by atoms with Gasteiger partial charge < -0.3 is 4.42 Å². The fourth-order valence-electron chi connectivity index (χ4n) is 2.66. The molecule has 2 aromatic heterocycles. The molecule has 0 unspecified atom stereocenters. The largest absolute Gasteiger partial charge is 0.441 e. The summed E-state index contributed by atoms with van der Waals surface area (Å²) >= 11 is 0. The molecular formula is C15H16N2O. The molecule has 0 saturated heterocycles. The van der Waals surface area contributed by atoms with Crippen LogP contribution in [0.4, 0.5) is 0 Å². The van der Waals surface area contributed by atoms with Gasteiger partial charge in [0.15, 0.2) is 0 Å². The van der Waals surface area contributed by atoms with E-state index in [0.29, 0.717) is 5.92 Å². The van der Waals surface area contributed by atoms with Gasteiger partial charge in [0, 0.05) is 29.8 Å². The molecule has 0 atom stereocenters. The first-order valence-electron chi connectivity index (χ1n) is 6.85. The number of aromatic nitrogens is 2. The number of hydrogen-bond donors (Lipinski definition) is 0. The first kappa shape index (κ1) is 10.3. The number of pyridine rings is 1. The zero-order valence-corrected chi connectivity index (χ0v) is 10.4. The van der Waals surface area contributed by atoms with E-state index < -0.39 is 0 Å². The average Bonchev–Trinajstić information content (AvgIpc) is 3.18. The Balaban J connectivity index is 1.73. The minimum absolute atomic E-state index is 0.675. The molecule has 4 rings (SSSR count). The Labute approximate surface area is 106 Å². The Hall–Kier alpha value is -1.64. The van der Waals surface area contributed by atoms with Crippen LogP contribution in [0.3, 0.4) is 0 Å². The summed E-state index contributed by atoms with van der Waals surface area (Å²) in [6.45, 7) is 0. The number of oxazole rings is 1. The molecule has 0 bridgehead atoms. The summed E-state index contributed by atoms with van der Waals surface area (Å²) in [5, 5.41) is 0. The van der Waals surface area contributed by atoms with Crippen LogP contribution in [0.1, 0.15) is 48.7 Å². The van der Waals surface area contributed by atoms with Gasteiger partial charge in [-0.15, -0.1) is 0 Å². The maximum atomic E-state index is 5.91. The van der Waals surface area contributed by atoms with Gasteiger partial charge in [-0.2, -0.15) is 0 Å². The summed E-state index contributed by atoms with van der Waals surface area (Å²) in [7, 11) is 0. The van der Waals surface area contributed by atoms with Crippen LogP contribution in [0, 0.1) is 0 Å². The molecule has 0 aromatic carbocycles. The Morgan fingerprint density at radius 3 is 2.89 bits per heavy atom. The fraction of sp³-hybridized carbons (Fsp3) is 0.467. The Kier molecular flexibility index (Phi) is 2.25. The predicted octanol–water partition coefficient (Wildman–Crippen LogP) is 3.49. The predicted molar refractivity (Wildman–Crippen MR) is 68.4 cm³/mol. The summed E-state index contributed by atoms with van der Waals surface area (Å²) in [6, 6.07) is 4.15. The van der Waals surface area contributed by atoms with E-state index in [1.807, 2.05) is 12.3 Å². The Morgan fingerprint density at radius 2 is 2.06 bits per heavy atom. The zero-order chi connectivity index (χ0) is 11.9. The van der Waals surface area contributed by atoms with Crippen LogP contribution in [0.15, 0.2) is 22.7 Å². The summed E-state index contributed by atoms with van der Waals surface area (Å²) in [4.78, 5) is 9.09. The third kappa shape index (κ3) is 1.74. The number of fused-ring (bicyclic) bond motifs is 1. The molecule has 0 radical (unpaired) electrons. The maximum Gasteiger partial charge on any atom is 0.226 e. The highest BCUT2D eigenvalue weighted by Crippen LogP contribution is 2.40. The van der Waals surface area contributed by atoms with Gasteiger partial charge in [-0.25, -0.2) is 4.98 Å². The van der Waals surface area contributed by atoms with Crippen LogP contribution in [0.25, 0.3) is 11.5 Å². The van der Waals surface area contributed by atoms with Gasteiger partial charge in [-0.3, -0.25) is 4.98 Å². The SMILES string of the molecule is c1cc(-c2nc3c(o2)CCCC3)cc(C2CC2)n1. The summed E-state index contributed by atoms with van der Waals surface area (Å²) in [5.41, 5.74) is 3.45. The fourth-order valence-corrected chi connectivity index (χ4v) is 2.66. The molecule has 2 aliphatic carbocycles. The highest BCUT2D eigenvalue weighted by molar-refractivity contribution is 5.54. The lowest BCUT2D eigenvalue weighted by Crippen LogP contribution is -1.99. The molecule has 1 saturated carbocycles. The normalized spacial score (nSPS) is 18.7.